The number of hydrogen-bond acceptors (Lipinski definition) is 10. The van der Waals surface area contributed by atoms with Crippen molar-refractivity contribution in [2.24, 2.45) is 0 Å². The molecule has 0 aromatic rings. The summed E-state index contributed by atoms with van der Waals surface area (Å²) in [5.41, 5.74) is 0. The van der Waals surface area contributed by atoms with Gasteiger partial charge >= 0.3 is 5.97 Å². The van der Waals surface area contributed by atoms with Crippen LogP contribution < -0.4 is 5.32 Å². The first-order chi connectivity index (χ1) is 42.7. The normalized spacial score (nSPS) is 19.0. The molecule has 1 amide bonds. The molecule has 0 aromatic heterocycles. The summed E-state index contributed by atoms with van der Waals surface area (Å²) >= 11 is 0. The minimum atomic E-state index is -1.64. The smallest absolute Gasteiger partial charge is 0.306 e. The zero-order chi connectivity index (χ0) is 63.1. The summed E-state index contributed by atoms with van der Waals surface area (Å²) in [7, 11) is 0. The van der Waals surface area contributed by atoms with Crippen LogP contribution in [-0.4, -0.2) is 99.6 Å². The maximum Gasteiger partial charge on any atom is 0.306 e. The largest absolute Gasteiger partial charge is 0.454 e. The van der Waals surface area contributed by atoms with Crippen molar-refractivity contribution in [2.45, 2.75) is 333 Å². The highest BCUT2D eigenvalue weighted by molar-refractivity contribution is 5.80. The van der Waals surface area contributed by atoms with Crippen molar-refractivity contribution in [2.75, 3.05) is 13.2 Å². The molecule has 0 spiro atoms. The first kappa shape index (κ1) is 81.1. The van der Waals surface area contributed by atoms with E-state index in [1.54, 1.807) is 6.08 Å². The molecule has 0 saturated carbocycles. The molecule has 0 aliphatic carbocycles. The highest BCUT2D eigenvalue weighted by Gasteiger charge is 2.47. The zero-order valence-electron chi connectivity index (χ0n) is 55.3. The lowest BCUT2D eigenvalue weighted by molar-refractivity contribution is -0.305. The van der Waals surface area contributed by atoms with Crippen molar-refractivity contribution in [3.05, 3.63) is 122 Å². The van der Waals surface area contributed by atoms with Crippen LogP contribution in [0.4, 0.5) is 0 Å². The summed E-state index contributed by atoms with van der Waals surface area (Å²) in [5, 5.41) is 57.2. The van der Waals surface area contributed by atoms with E-state index in [0.29, 0.717) is 12.8 Å². The Labute approximate surface area is 531 Å². The van der Waals surface area contributed by atoms with E-state index in [1.165, 1.54) is 122 Å². The lowest BCUT2D eigenvalue weighted by Gasteiger charge is -2.41. The van der Waals surface area contributed by atoms with E-state index < -0.39 is 67.4 Å². The van der Waals surface area contributed by atoms with Crippen molar-refractivity contribution < 1.29 is 49.3 Å². The maximum atomic E-state index is 13.5. The SMILES string of the molecule is CC/C=C\C/C=C\C/C=C\C/C=C\C/C=C\CCCCCCCCCCCCC(O)C(=O)NC(COC1OC(CO)C(O)C(O)C1OC(=O)CCCCC/C=C\C/C=C\C/C=C\C/C=C\CCCCC)C(O)/C=C/CCCCCCCCCCCCC. The standard InChI is InChI=1S/C76H129NO10/c1-4-7-10-13-16-19-22-25-27-29-31-32-33-34-35-36-37-39-40-42-45-48-51-54-57-60-63-69(80)75(84)77-67(68(79)62-59-56-53-50-47-44-24-21-18-15-12-9-6-3)66-85-76-74(73(83)72(82)70(65-78)86-76)87-71(81)64-61-58-55-52-49-46-43-41-38-30-28-26-23-20-17-14-11-8-5-2/h7,10,16-17,19-20,25-28,31-32,34-35,38,41,46,49,59,62,67-70,72-74,76,78-80,82-83H,4-6,8-9,11-15,18,21-24,29-30,33,36-37,39-40,42-45,47-48,50-58,60-61,63-66H2,1-3H3,(H,77,84)/b10-7-,19-16-,20-17-,27-25-,28-26-,32-31-,35-34-,41-38-,49-46-,62-59+. The van der Waals surface area contributed by atoms with Gasteiger partial charge in [0, 0.05) is 6.42 Å². The number of aliphatic hydroxyl groups excluding tert-OH is 5. The second-order valence-electron chi connectivity index (χ2n) is 23.9. The van der Waals surface area contributed by atoms with Crippen molar-refractivity contribution in [3.8, 4) is 0 Å². The average Bonchev–Trinajstić information content (AvgIpc) is 1.52. The zero-order valence-corrected chi connectivity index (χ0v) is 55.3. The molecule has 0 bridgehead atoms. The molecule has 11 heteroatoms. The van der Waals surface area contributed by atoms with Crippen LogP contribution in [0.1, 0.15) is 284 Å². The Bertz CT molecular complexity index is 1880. The number of nitrogens with one attached hydrogen (secondary N) is 1. The van der Waals surface area contributed by atoms with Crippen molar-refractivity contribution >= 4 is 11.9 Å². The van der Waals surface area contributed by atoms with Gasteiger partial charge in [0.15, 0.2) is 12.4 Å². The molecule has 498 valence electrons. The average molecular weight is 1220 g/mol. The monoisotopic (exact) mass is 1220 g/mol. The summed E-state index contributed by atoms with van der Waals surface area (Å²) in [6.45, 7) is 5.64. The van der Waals surface area contributed by atoms with Gasteiger partial charge in [0.05, 0.1) is 25.4 Å². The molecule has 1 heterocycles. The van der Waals surface area contributed by atoms with Crippen molar-refractivity contribution in [1.82, 2.24) is 5.32 Å². The molecule has 11 nitrogen and oxygen atoms in total. The third-order valence-corrected chi connectivity index (χ3v) is 15.8. The Morgan fingerprint density at radius 2 is 0.828 bits per heavy atom. The molecule has 87 heavy (non-hydrogen) atoms. The predicted octanol–water partition coefficient (Wildman–Crippen LogP) is 18.2. The van der Waals surface area contributed by atoms with Crippen LogP contribution in [0.3, 0.4) is 0 Å². The van der Waals surface area contributed by atoms with Gasteiger partial charge in [-0.25, -0.2) is 0 Å². The van der Waals surface area contributed by atoms with Gasteiger partial charge in [-0.05, 0) is 116 Å². The summed E-state index contributed by atoms with van der Waals surface area (Å²) in [4.78, 5) is 26.7. The Balaban J connectivity index is 2.62. The Morgan fingerprint density at radius 1 is 0.460 bits per heavy atom. The lowest BCUT2D eigenvalue weighted by Crippen LogP contribution is -2.61. The highest BCUT2D eigenvalue weighted by atomic mass is 16.7. The van der Waals surface area contributed by atoms with Gasteiger partial charge in [0.25, 0.3) is 0 Å². The lowest BCUT2D eigenvalue weighted by atomic mass is 9.99. The number of carbonyl (C=O) groups excluding carboxylic acids is 2. The molecule has 1 aliphatic rings. The van der Waals surface area contributed by atoms with E-state index in [1.807, 2.05) is 6.08 Å². The number of aliphatic hydroxyl groups is 5. The Hall–Kier alpha value is -3.94. The fraction of sp³-hybridized carbons (Fsp3) is 0.711. The minimum absolute atomic E-state index is 0.0806. The molecule has 1 saturated heterocycles. The maximum absolute atomic E-state index is 13.5. The van der Waals surface area contributed by atoms with Crippen molar-refractivity contribution in [1.29, 1.82) is 0 Å². The van der Waals surface area contributed by atoms with E-state index >= 15 is 0 Å². The van der Waals surface area contributed by atoms with E-state index in [-0.39, 0.29) is 19.4 Å². The number of rotatable bonds is 59. The second-order valence-corrected chi connectivity index (χ2v) is 23.9. The summed E-state index contributed by atoms with van der Waals surface area (Å²) in [6, 6.07) is -1.04. The van der Waals surface area contributed by atoms with Gasteiger partial charge in [-0.15, -0.1) is 0 Å². The number of allylic oxidation sites excluding steroid dienone is 19. The molecular weight excluding hydrogens is 1090 g/mol. The second kappa shape index (κ2) is 62.3. The van der Waals surface area contributed by atoms with Gasteiger partial charge in [0.2, 0.25) is 5.91 Å². The Morgan fingerprint density at radius 3 is 1.26 bits per heavy atom. The number of amides is 1. The van der Waals surface area contributed by atoms with Crippen LogP contribution in [0.2, 0.25) is 0 Å². The van der Waals surface area contributed by atoms with E-state index in [0.717, 1.165) is 116 Å². The fourth-order valence-electron chi connectivity index (χ4n) is 10.3. The summed E-state index contributed by atoms with van der Waals surface area (Å²) in [6.07, 6.45) is 76.6. The first-order valence-electron chi connectivity index (χ1n) is 35.3. The van der Waals surface area contributed by atoms with Gasteiger partial charge < -0.3 is 45.1 Å². The quantitative estimate of drug-likeness (QED) is 0.0195. The molecular formula is C76H129NO10. The number of unbranched alkanes of at least 4 members (excludes halogenated alkanes) is 27. The van der Waals surface area contributed by atoms with Crippen LogP contribution in [0.15, 0.2) is 122 Å². The van der Waals surface area contributed by atoms with Crippen molar-refractivity contribution in [3.63, 3.8) is 0 Å². The minimum Gasteiger partial charge on any atom is -0.454 e. The topological polar surface area (TPSA) is 175 Å². The summed E-state index contributed by atoms with van der Waals surface area (Å²) < 4.78 is 17.7. The Kier molecular flexibility index (Phi) is 58.0. The molecule has 1 rings (SSSR count). The van der Waals surface area contributed by atoms with Gasteiger partial charge in [0.1, 0.15) is 24.4 Å². The number of esters is 1. The number of hydrogen-bond donors (Lipinski definition) is 6. The van der Waals surface area contributed by atoms with Gasteiger partial charge in [-0.1, -0.05) is 284 Å². The van der Waals surface area contributed by atoms with Gasteiger partial charge in [-0.2, -0.15) is 0 Å². The summed E-state index contributed by atoms with van der Waals surface area (Å²) in [5.74, 6) is -1.23. The van der Waals surface area contributed by atoms with Crippen LogP contribution in [-0.2, 0) is 23.8 Å². The highest BCUT2D eigenvalue weighted by Crippen LogP contribution is 2.26. The molecule has 1 aliphatic heterocycles. The number of carbonyl (C=O) groups is 2. The van der Waals surface area contributed by atoms with Crippen LogP contribution >= 0.6 is 0 Å². The predicted molar refractivity (Wildman–Crippen MR) is 365 cm³/mol. The van der Waals surface area contributed by atoms with E-state index in [2.05, 4.69) is 135 Å². The third kappa shape index (κ3) is 49.5. The fourth-order valence-corrected chi connectivity index (χ4v) is 10.3. The van der Waals surface area contributed by atoms with Crippen LogP contribution in [0, 0.1) is 0 Å². The number of ether oxygens (including phenoxy) is 3. The molecule has 1 fully saturated rings. The van der Waals surface area contributed by atoms with Crippen LogP contribution in [0.25, 0.3) is 0 Å². The molecule has 8 unspecified atom stereocenters. The molecule has 6 N–H and O–H groups in total. The third-order valence-electron chi connectivity index (χ3n) is 15.8. The molecule has 0 radical (unpaired) electrons. The molecule has 8 atom stereocenters. The van der Waals surface area contributed by atoms with Gasteiger partial charge in [-0.3, -0.25) is 9.59 Å². The first-order valence-corrected chi connectivity index (χ1v) is 35.3. The van der Waals surface area contributed by atoms with E-state index in [4.69, 9.17) is 14.2 Å². The van der Waals surface area contributed by atoms with E-state index in [9.17, 15) is 35.1 Å². The molecule has 0 aromatic carbocycles. The van der Waals surface area contributed by atoms with Crippen LogP contribution in [0.5, 0.6) is 0 Å².